The molecule has 0 N–H and O–H groups in total. The van der Waals surface area contributed by atoms with Gasteiger partial charge in [-0.15, -0.1) is 22.7 Å². The highest BCUT2D eigenvalue weighted by atomic mass is 32.1. The molecule has 1 atom stereocenters. The third-order valence-electron chi connectivity index (χ3n) is 10.0. The number of allylic oxidation sites excluding steroid dienone is 4. The molecule has 6 aromatic carbocycles. The summed E-state index contributed by atoms with van der Waals surface area (Å²) in [5.74, 6) is 0.640. The number of hydrogen-bond donors (Lipinski definition) is 0. The molecule has 248 valence electrons. The number of hydrogen-bond acceptors (Lipinski definition) is 4. The summed E-state index contributed by atoms with van der Waals surface area (Å²) < 4.78 is 20.0. The first-order valence-corrected chi connectivity index (χ1v) is 19.1. The first kappa shape index (κ1) is 31.0. The van der Waals surface area contributed by atoms with Crippen LogP contribution >= 0.6 is 22.7 Å². The number of fused-ring (bicyclic) bond motifs is 6. The molecule has 5 heteroatoms. The molecule has 0 radical (unpaired) electrons. The van der Waals surface area contributed by atoms with E-state index >= 15 is 0 Å². The van der Waals surface area contributed by atoms with Crippen molar-refractivity contribution >= 4 is 68.6 Å². The van der Waals surface area contributed by atoms with Crippen LogP contribution in [0.5, 0.6) is 0 Å². The van der Waals surface area contributed by atoms with Crippen molar-refractivity contribution in [3.05, 3.63) is 163 Å². The van der Waals surface area contributed by atoms with E-state index in [0.717, 1.165) is 39.2 Å². The molecule has 0 fully saturated rings. The number of alkyl halides is 1. The Morgan fingerprint density at radius 1 is 0.538 bits per heavy atom. The van der Waals surface area contributed by atoms with E-state index in [1.807, 2.05) is 65.2 Å². The molecule has 0 saturated carbocycles. The van der Waals surface area contributed by atoms with Gasteiger partial charge in [-0.1, -0.05) is 115 Å². The number of benzene rings is 6. The van der Waals surface area contributed by atoms with Gasteiger partial charge in [-0.05, 0) is 77.2 Å². The van der Waals surface area contributed by atoms with Gasteiger partial charge >= 0.3 is 0 Å². The van der Waals surface area contributed by atoms with Crippen molar-refractivity contribution in [1.29, 1.82) is 0 Å². The molecule has 1 unspecified atom stereocenters. The molecule has 0 aliphatic heterocycles. The molecule has 9 aromatic rings. The van der Waals surface area contributed by atoms with Gasteiger partial charge in [0.05, 0.1) is 11.4 Å². The Kier molecular flexibility index (Phi) is 7.27. The number of aromatic nitrogens is 2. The average Bonchev–Trinajstić information content (AvgIpc) is 3.77. The minimum Gasteiger partial charge on any atom is -0.239 e. The largest absolute Gasteiger partial charge is 0.239 e. The SMILES string of the molecule is CC1(F)C=CC(c2cc(-c3cc(-c4cccc5c4sc4ccccc45)cc(-c4cccc5c4sc4ccccc45)c3)nc(-c3ccccc3)n2)=CC1. The Morgan fingerprint density at radius 3 is 1.67 bits per heavy atom. The van der Waals surface area contributed by atoms with Gasteiger partial charge in [0, 0.05) is 57.9 Å². The van der Waals surface area contributed by atoms with Gasteiger partial charge < -0.3 is 0 Å². The van der Waals surface area contributed by atoms with Crippen molar-refractivity contribution in [2.75, 3.05) is 0 Å². The van der Waals surface area contributed by atoms with Crippen LogP contribution in [0.1, 0.15) is 19.0 Å². The molecule has 52 heavy (non-hydrogen) atoms. The van der Waals surface area contributed by atoms with Crippen LogP contribution in [0.2, 0.25) is 0 Å². The second-order valence-electron chi connectivity index (χ2n) is 13.7. The van der Waals surface area contributed by atoms with E-state index in [1.54, 1.807) is 13.0 Å². The highest BCUT2D eigenvalue weighted by Gasteiger charge is 2.23. The fourth-order valence-corrected chi connectivity index (χ4v) is 9.87. The topological polar surface area (TPSA) is 25.8 Å². The molecule has 0 saturated heterocycles. The van der Waals surface area contributed by atoms with Gasteiger partial charge in [-0.2, -0.15) is 0 Å². The lowest BCUT2D eigenvalue weighted by Crippen LogP contribution is -2.15. The van der Waals surface area contributed by atoms with Crippen LogP contribution in [0.15, 0.2) is 158 Å². The van der Waals surface area contributed by atoms with E-state index in [-0.39, 0.29) is 0 Å². The molecular weight excluding hydrogens is 676 g/mol. The van der Waals surface area contributed by atoms with E-state index in [9.17, 15) is 4.39 Å². The van der Waals surface area contributed by atoms with E-state index in [4.69, 9.17) is 9.97 Å². The third kappa shape index (κ3) is 5.36. The molecule has 0 spiro atoms. The zero-order chi connectivity index (χ0) is 34.8. The summed E-state index contributed by atoms with van der Waals surface area (Å²) in [5.41, 5.74) is 7.73. The molecule has 3 aromatic heterocycles. The van der Waals surface area contributed by atoms with Crippen LogP contribution in [-0.4, -0.2) is 15.6 Å². The first-order valence-electron chi connectivity index (χ1n) is 17.5. The Balaban J connectivity index is 1.24. The molecule has 0 amide bonds. The number of nitrogens with zero attached hydrogens (tertiary/aromatic N) is 2. The first-order chi connectivity index (χ1) is 25.5. The Bertz CT molecular complexity index is 2780. The molecule has 1 aliphatic carbocycles. The van der Waals surface area contributed by atoms with Gasteiger partial charge in [-0.3, -0.25) is 0 Å². The fraction of sp³-hybridized carbons (Fsp3) is 0.0638. The maximum atomic E-state index is 14.9. The lowest BCUT2D eigenvalue weighted by Gasteiger charge is -2.19. The Morgan fingerprint density at radius 2 is 1.08 bits per heavy atom. The van der Waals surface area contributed by atoms with Gasteiger partial charge in [0.25, 0.3) is 0 Å². The standard InChI is InChI=1S/C47H31FN2S2/c1-47(48)23-21-29(22-24-47)40-28-41(50-46(49-40)30-11-3-2-4-12-30)33-26-31(34-15-9-17-38-36-13-5-7-19-42(36)51-44(34)38)25-32(27-33)35-16-10-18-39-37-14-6-8-20-43(37)52-45(35)39/h2-23,25-28H,24H2,1H3. The quantitative estimate of drug-likeness (QED) is 0.178. The summed E-state index contributed by atoms with van der Waals surface area (Å²) in [6, 6.07) is 49.7. The van der Waals surface area contributed by atoms with Crippen LogP contribution < -0.4 is 0 Å². The smallest absolute Gasteiger partial charge is 0.160 e. The number of halogens is 1. The van der Waals surface area contributed by atoms with Crippen molar-refractivity contribution in [2.45, 2.75) is 19.0 Å². The lowest BCUT2D eigenvalue weighted by molar-refractivity contribution is 0.260. The van der Waals surface area contributed by atoms with Gasteiger partial charge in [0.15, 0.2) is 5.82 Å². The summed E-state index contributed by atoms with van der Waals surface area (Å²) in [6.07, 6.45) is 5.75. The van der Waals surface area contributed by atoms with Crippen molar-refractivity contribution < 1.29 is 4.39 Å². The highest BCUT2D eigenvalue weighted by Crippen LogP contribution is 2.45. The minimum atomic E-state index is -1.37. The van der Waals surface area contributed by atoms with Gasteiger partial charge in [-0.25, -0.2) is 14.4 Å². The number of thiophene rings is 2. The van der Waals surface area contributed by atoms with E-state index in [2.05, 4.69) is 109 Å². The van der Waals surface area contributed by atoms with Crippen LogP contribution in [0.3, 0.4) is 0 Å². The van der Waals surface area contributed by atoms with E-state index in [0.29, 0.717) is 12.2 Å². The van der Waals surface area contributed by atoms with Gasteiger partial charge in [0.2, 0.25) is 0 Å². The average molecular weight is 707 g/mol. The summed E-state index contributed by atoms with van der Waals surface area (Å²) in [4.78, 5) is 10.3. The Hall–Kier alpha value is -5.75. The third-order valence-corrected chi connectivity index (χ3v) is 12.5. The lowest BCUT2D eigenvalue weighted by atomic mass is 9.92. The van der Waals surface area contributed by atoms with Crippen LogP contribution in [0, 0.1) is 0 Å². The minimum absolute atomic E-state index is 0.302. The second kappa shape index (κ2) is 12.2. The van der Waals surface area contributed by atoms with Crippen LogP contribution in [0.4, 0.5) is 4.39 Å². The summed E-state index contributed by atoms with van der Waals surface area (Å²) >= 11 is 3.69. The maximum Gasteiger partial charge on any atom is 0.160 e. The fourth-order valence-electron chi connectivity index (χ4n) is 7.39. The second-order valence-corrected chi connectivity index (χ2v) is 15.8. The molecule has 10 rings (SSSR count). The maximum absolute atomic E-state index is 14.9. The number of rotatable bonds is 5. The van der Waals surface area contributed by atoms with Crippen molar-refractivity contribution in [3.8, 4) is 44.9 Å². The molecule has 0 bridgehead atoms. The summed E-state index contributed by atoms with van der Waals surface area (Å²) in [5, 5.41) is 5.09. The van der Waals surface area contributed by atoms with Crippen LogP contribution in [-0.2, 0) is 0 Å². The van der Waals surface area contributed by atoms with E-state index in [1.165, 1.54) is 51.5 Å². The molecule has 2 nitrogen and oxygen atoms in total. The predicted molar refractivity (Wildman–Crippen MR) is 221 cm³/mol. The highest BCUT2D eigenvalue weighted by molar-refractivity contribution is 7.26. The molecular formula is C47H31FN2S2. The zero-order valence-electron chi connectivity index (χ0n) is 28.3. The summed E-state index contributed by atoms with van der Waals surface area (Å²) in [7, 11) is 0. The van der Waals surface area contributed by atoms with Crippen LogP contribution in [0.25, 0.3) is 90.8 Å². The van der Waals surface area contributed by atoms with Crippen molar-refractivity contribution in [2.24, 2.45) is 0 Å². The monoisotopic (exact) mass is 706 g/mol. The zero-order valence-corrected chi connectivity index (χ0v) is 29.9. The Labute approximate surface area is 308 Å². The predicted octanol–water partition coefficient (Wildman–Crippen LogP) is 14.0. The van der Waals surface area contributed by atoms with Crippen molar-refractivity contribution in [3.63, 3.8) is 0 Å². The normalized spacial score (nSPS) is 15.9. The van der Waals surface area contributed by atoms with Gasteiger partial charge in [0.1, 0.15) is 5.67 Å². The van der Waals surface area contributed by atoms with E-state index < -0.39 is 5.67 Å². The molecule has 1 aliphatic rings. The summed E-state index contributed by atoms with van der Waals surface area (Å²) in [6.45, 7) is 1.61. The van der Waals surface area contributed by atoms with Crippen molar-refractivity contribution in [1.82, 2.24) is 9.97 Å². The molecule has 3 heterocycles.